The minimum Gasteiger partial charge on any atom is -0.871 e. The molecule has 1 saturated carbocycles. The van der Waals surface area contributed by atoms with Gasteiger partial charge in [-0.15, -0.1) is 10.2 Å². The van der Waals surface area contributed by atoms with Gasteiger partial charge in [0.15, 0.2) is 19.7 Å². The fraction of sp³-hybridized carbons (Fsp3) is 0.333. The van der Waals surface area contributed by atoms with Crippen molar-refractivity contribution in [2.24, 2.45) is 37.5 Å². The number of hydrogen-bond acceptors (Lipinski definition) is 15. The van der Waals surface area contributed by atoms with E-state index in [1.165, 1.54) is 49.8 Å². The van der Waals surface area contributed by atoms with Gasteiger partial charge in [-0.2, -0.15) is 20.4 Å². The Hall–Kier alpha value is -6.11. The number of sulfone groups is 2. The number of fused-ring (bicyclic) bond motifs is 3. The topological polar surface area (TPSA) is 272 Å². The van der Waals surface area contributed by atoms with Crippen LogP contribution in [0.2, 0.25) is 10.0 Å². The van der Waals surface area contributed by atoms with Crippen molar-refractivity contribution in [3.8, 4) is 34.6 Å². The molecule has 3 atom stereocenters. The van der Waals surface area contributed by atoms with Gasteiger partial charge in [0, 0.05) is 34.3 Å². The molecule has 2 aliphatic carbocycles. The third-order valence-electron chi connectivity index (χ3n) is 13.9. The van der Waals surface area contributed by atoms with Crippen molar-refractivity contribution in [2.75, 3.05) is 19.1 Å². The maximum absolute atomic E-state index is 12.6. The van der Waals surface area contributed by atoms with Crippen LogP contribution in [0.4, 0.5) is 22.7 Å². The first-order valence-corrected chi connectivity index (χ1v) is 28.5. The van der Waals surface area contributed by atoms with E-state index in [1.54, 1.807) is 73.5 Å². The van der Waals surface area contributed by atoms with Crippen LogP contribution in [0, 0.1) is 25.2 Å². The molecule has 0 saturated heterocycles. The smallest absolute Gasteiger partial charge is 0.871 e. The summed E-state index contributed by atoms with van der Waals surface area (Å²) in [6, 6.07) is 27.2. The van der Waals surface area contributed by atoms with Crippen molar-refractivity contribution in [2.45, 2.75) is 94.8 Å². The molecule has 2 N–H and O–H groups in total. The minimum atomic E-state index is -3.51. The number of azo groups is 2. The summed E-state index contributed by atoms with van der Waals surface area (Å²) in [6.45, 7) is 13.5. The Balaban J connectivity index is 0.000000212. The summed E-state index contributed by atoms with van der Waals surface area (Å²) in [5, 5.41) is 73.2. The second-order valence-corrected chi connectivity index (χ2v) is 24.7. The SMILES string of the molecule is CC(C)c1ccc2c(c1)CC[C@H]1[C@](C)(CN)CCC[C@]21C.Cc1nn(-c2cccc(Cl)c2)c([O-])c1N=Nc1cc(S(C)(=O)=O)ccc1[O-].Cc1nn(-c2cccc(Cl)c2)c([O-])c1N=Nc1cc(S(C)(=O)=O)ccc1[O-].[Cr+3].[H+]. The van der Waals surface area contributed by atoms with Crippen molar-refractivity contribution in [3.05, 3.63) is 141 Å². The van der Waals surface area contributed by atoms with E-state index in [9.17, 15) is 37.3 Å². The first-order valence-electron chi connectivity index (χ1n) is 24.0. The van der Waals surface area contributed by atoms with Crippen LogP contribution in [0.5, 0.6) is 23.3 Å². The van der Waals surface area contributed by atoms with E-state index < -0.39 is 42.9 Å². The molecule has 0 bridgehead atoms. The summed E-state index contributed by atoms with van der Waals surface area (Å²) in [7, 11) is -7.02. The number of aryl methyl sites for hydroxylation is 3. The van der Waals surface area contributed by atoms with Gasteiger partial charge < -0.3 is 26.2 Å². The molecule has 0 aliphatic heterocycles. The monoisotopic (exact) mass is 1150 g/mol. The maximum atomic E-state index is 12.6. The van der Waals surface area contributed by atoms with Gasteiger partial charge in [0.2, 0.25) is 0 Å². The van der Waals surface area contributed by atoms with Crippen LogP contribution in [-0.4, -0.2) is 55.5 Å². The van der Waals surface area contributed by atoms with Crippen LogP contribution in [0.3, 0.4) is 0 Å². The zero-order valence-corrected chi connectivity index (χ0v) is 47.5. The van der Waals surface area contributed by atoms with Crippen LogP contribution in [-0.2, 0) is 48.9 Å². The number of rotatable bonds is 10. The molecule has 0 amide bonds. The third kappa shape index (κ3) is 13.0. The van der Waals surface area contributed by atoms with Gasteiger partial charge in [-0.25, -0.2) is 26.2 Å². The van der Waals surface area contributed by atoms with Crippen LogP contribution in [0.15, 0.2) is 133 Å². The van der Waals surface area contributed by atoms with Gasteiger partial charge in [-0.05, 0) is 146 Å². The number of nitrogens with zero attached hydrogens (tertiary/aromatic N) is 8. The zero-order chi connectivity index (χ0) is 54.8. The Morgan fingerprint density at radius 3 is 1.59 bits per heavy atom. The van der Waals surface area contributed by atoms with E-state index in [-0.39, 0.29) is 51.3 Å². The quantitative estimate of drug-likeness (QED) is 0.126. The first-order chi connectivity index (χ1) is 35.2. The van der Waals surface area contributed by atoms with Crippen molar-refractivity contribution >= 4 is 65.6 Å². The number of benzene rings is 5. The molecule has 399 valence electrons. The van der Waals surface area contributed by atoms with Gasteiger partial charge in [-0.3, -0.25) is 0 Å². The minimum absolute atomic E-state index is 0. The van der Waals surface area contributed by atoms with Crippen LogP contribution >= 0.6 is 23.2 Å². The fourth-order valence-corrected chi connectivity index (χ4v) is 11.5. The van der Waals surface area contributed by atoms with E-state index in [0.29, 0.717) is 49.6 Å². The van der Waals surface area contributed by atoms with Crippen molar-refractivity contribution in [3.63, 3.8) is 0 Å². The number of nitrogens with two attached hydrogens (primary N) is 1. The van der Waals surface area contributed by atoms with Gasteiger partial charge in [0.05, 0.1) is 43.9 Å². The van der Waals surface area contributed by atoms with Gasteiger partial charge >= 0.3 is 18.8 Å². The molecule has 1 fully saturated rings. The normalized spacial score (nSPS) is 18.3. The van der Waals surface area contributed by atoms with Gasteiger partial charge in [-0.1, -0.05) is 111 Å². The number of halogens is 2. The second kappa shape index (κ2) is 23.6. The molecule has 2 heterocycles. The summed E-state index contributed by atoms with van der Waals surface area (Å²) in [4.78, 5) is -0.130. The van der Waals surface area contributed by atoms with Crippen molar-refractivity contribution in [1.29, 1.82) is 0 Å². The Morgan fingerprint density at radius 2 is 1.17 bits per heavy atom. The molecule has 76 heavy (non-hydrogen) atoms. The predicted octanol–water partition coefficient (Wildman–Crippen LogP) is 10.5. The summed E-state index contributed by atoms with van der Waals surface area (Å²) >= 11 is 11.9. The molecule has 0 unspecified atom stereocenters. The van der Waals surface area contributed by atoms with Crippen LogP contribution < -0.4 is 26.2 Å². The fourth-order valence-electron chi connectivity index (χ4n) is 9.86. The molecule has 1 radical (unpaired) electrons. The van der Waals surface area contributed by atoms with E-state index >= 15 is 0 Å². The molecule has 22 heteroatoms. The van der Waals surface area contributed by atoms with E-state index in [2.05, 4.69) is 76.5 Å². The summed E-state index contributed by atoms with van der Waals surface area (Å²) in [5.74, 6) is -0.727. The largest absolute Gasteiger partial charge is 3.00 e. The average molecular weight is 1150 g/mol. The molecule has 5 aromatic carbocycles. The molecule has 2 aromatic heterocycles. The van der Waals surface area contributed by atoms with Crippen LogP contribution in [0.25, 0.3) is 11.4 Å². The molecule has 0 spiro atoms. The molecular formula is C54H58Cl2CrN9O8S2. The Bertz CT molecular complexity index is 3400. The zero-order valence-electron chi connectivity index (χ0n) is 44.1. The first kappa shape index (κ1) is 59.1. The molecule has 9 rings (SSSR count). The Kier molecular flexibility index (Phi) is 18.4. The second-order valence-electron chi connectivity index (χ2n) is 19.8. The summed E-state index contributed by atoms with van der Waals surface area (Å²) < 4.78 is 48.7. The van der Waals surface area contributed by atoms with Crippen molar-refractivity contribution < 1.29 is 56.0 Å². The summed E-state index contributed by atoms with van der Waals surface area (Å²) in [6.07, 6.45) is 8.56. The molecular weight excluding hydrogens is 1090 g/mol. The average Bonchev–Trinajstić information content (AvgIpc) is 3.81. The molecule has 2 aliphatic rings. The number of aromatic nitrogens is 4. The molecule has 7 aromatic rings. The van der Waals surface area contributed by atoms with E-state index in [0.717, 1.165) is 58.6 Å². The van der Waals surface area contributed by atoms with Gasteiger partial charge in [0.25, 0.3) is 0 Å². The van der Waals surface area contributed by atoms with Crippen molar-refractivity contribution in [1.82, 2.24) is 19.6 Å². The Labute approximate surface area is 465 Å². The number of hydrogen-bond donors (Lipinski definition) is 1. The standard InChI is InChI=1S/C20H31N.2C17H15ClN4O4S.Cr/c1-14(2)15-6-8-17-16(12-15)7-9-18-19(3,13-21)10-5-11-20(17,18)4;2*1-10-16(17(24)22(21-10)12-5-3-4-11(18)8-12)20-19-14-9-13(27(2,25)26)6-7-15(14)23;/h6,8,12,14,18H,5,7,9-11,13,21H2,1-4H3;2*3-9,23-24H,1-2H3;/q;;;+3/p-3/t18-,19-,20+;;;/m0.../s1. The Morgan fingerprint density at radius 1 is 0.697 bits per heavy atom. The third-order valence-corrected chi connectivity index (χ3v) is 16.6. The maximum Gasteiger partial charge on any atom is 3.00 e. The predicted molar refractivity (Wildman–Crippen MR) is 284 cm³/mol. The van der Waals surface area contributed by atoms with Gasteiger partial charge in [0.1, 0.15) is 11.4 Å². The van der Waals surface area contributed by atoms with E-state index in [4.69, 9.17) is 28.9 Å². The van der Waals surface area contributed by atoms with E-state index in [1.807, 2.05) is 0 Å². The van der Waals surface area contributed by atoms with Crippen LogP contribution in [0.1, 0.15) is 88.8 Å². The summed E-state index contributed by atoms with van der Waals surface area (Å²) in [5.41, 5.74) is 12.6. The molecule has 17 nitrogen and oxygen atoms in total.